The quantitative estimate of drug-likeness (QED) is 0.740. The number of amides is 1. The molecule has 1 rings (SSSR count). The Morgan fingerprint density at radius 3 is 3.00 bits per heavy atom. The standard InChI is InChI=1S/C13H15NO3/c1-3-5-11(9-15)14-13(16)10-6-4-7-12(8-10)17-2/h1,4,6-8,11,15H,5,9H2,2H3,(H,14,16)/t11-/m1/s1. The van der Waals surface area contributed by atoms with E-state index in [9.17, 15) is 4.79 Å². The highest BCUT2D eigenvalue weighted by atomic mass is 16.5. The zero-order valence-corrected chi connectivity index (χ0v) is 9.64. The molecule has 0 bridgehead atoms. The average molecular weight is 233 g/mol. The Balaban J connectivity index is 2.72. The minimum Gasteiger partial charge on any atom is -0.497 e. The van der Waals surface area contributed by atoms with E-state index in [1.54, 1.807) is 24.3 Å². The zero-order valence-electron chi connectivity index (χ0n) is 9.64. The van der Waals surface area contributed by atoms with Crippen molar-refractivity contribution in [2.24, 2.45) is 0 Å². The largest absolute Gasteiger partial charge is 0.497 e. The van der Waals surface area contributed by atoms with E-state index in [1.165, 1.54) is 7.11 Å². The Kier molecular flexibility index (Phi) is 5.05. The summed E-state index contributed by atoms with van der Waals surface area (Å²) in [4.78, 5) is 11.8. The van der Waals surface area contributed by atoms with Gasteiger partial charge in [0, 0.05) is 12.0 Å². The zero-order chi connectivity index (χ0) is 12.7. The fourth-order valence-corrected chi connectivity index (χ4v) is 1.34. The first kappa shape index (κ1) is 13.1. The molecule has 0 unspecified atom stereocenters. The lowest BCUT2D eigenvalue weighted by Gasteiger charge is -2.13. The van der Waals surface area contributed by atoms with Crippen molar-refractivity contribution >= 4 is 5.91 Å². The maximum absolute atomic E-state index is 11.8. The van der Waals surface area contributed by atoms with Crippen molar-refractivity contribution in [3.63, 3.8) is 0 Å². The summed E-state index contributed by atoms with van der Waals surface area (Å²) >= 11 is 0. The molecule has 0 saturated carbocycles. The molecule has 0 saturated heterocycles. The van der Waals surface area contributed by atoms with Crippen LogP contribution < -0.4 is 10.1 Å². The van der Waals surface area contributed by atoms with Gasteiger partial charge in [0.25, 0.3) is 5.91 Å². The third-order valence-electron chi connectivity index (χ3n) is 2.25. The van der Waals surface area contributed by atoms with Crippen LogP contribution in [0.4, 0.5) is 0 Å². The van der Waals surface area contributed by atoms with Gasteiger partial charge in [-0.2, -0.15) is 0 Å². The highest BCUT2D eigenvalue weighted by molar-refractivity contribution is 5.94. The van der Waals surface area contributed by atoms with E-state index in [0.29, 0.717) is 17.7 Å². The number of hydrogen-bond acceptors (Lipinski definition) is 3. The predicted molar refractivity (Wildman–Crippen MR) is 64.8 cm³/mol. The number of hydrogen-bond donors (Lipinski definition) is 2. The minimum absolute atomic E-state index is 0.181. The number of benzene rings is 1. The lowest BCUT2D eigenvalue weighted by Crippen LogP contribution is -2.37. The van der Waals surface area contributed by atoms with Crippen LogP contribution in [0.1, 0.15) is 16.8 Å². The summed E-state index contributed by atoms with van der Waals surface area (Å²) < 4.78 is 5.02. The molecule has 0 radical (unpaired) electrons. The molecule has 0 aliphatic heterocycles. The molecule has 1 aromatic carbocycles. The van der Waals surface area contributed by atoms with Gasteiger partial charge in [-0.1, -0.05) is 6.07 Å². The number of methoxy groups -OCH3 is 1. The van der Waals surface area contributed by atoms with Crippen LogP contribution in [0.2, 0.25) is 0 Å². The maximum atomic E-state index is 11.8. The monoisotopic (exact) mass is 233 g/mol. The molecule has 4 heteroatoms. The van der Waals surface area contributed by atoms with Gasteiger partial charge in [0.15, 0.2) is 0 Å². The number of nitrogens with one attached hydrogen (secondary N) is 1. The van der Waals surface area contributed by atoms with E-state index >= 15 is 0 Å². The second kappa shape index (κ2) is 6.56. The average Bonchev–Trinajstić information content (AvgIpc) is 2.38. The number of carbonyl (C=O) groups is 1. The summed E-state index contributed by atoms with van der Waals surface area (Å²) in [6.45, 7) is -0.181. The van der Waals surface area contributed by atoms with Crippen molar-refractivity contribution in [1.82, 2.24) is 5.32 Å². The van der Waals surface area contributed by atoms with E-state index < -0.39 is 6.04 Å². The number of aliphatic hydroxyl groups is 1. The van der Waals surface area contributed by atoms with Crippen molar-refractivity contribution in [1.29, 1.82) is 0 Å². The van der Waals surface area contributed by atoms with Crippen LogP contribution in [0.15, 0.2) is 24.3 Å². The molecule has 0 aromatic heterocycles. The van der Waals surface area contributed by atoms with Crippen LogP contribution in [-0.4, -0.2) is 30.8 Å². The van der Waals surface area contributed by atoms with Crippen molar-refractivity contribution < 1.29 is 14.6 Å². The Hall–Kier alpha value is -1.99. The third-order valence-corrected chi connectivity index (χ3v) is 2.25. The third kappa shape index (κ3) is 3.82. The molecule has 0 aliphatic carbocycles. The molecule has 0 heterocycles. The predicted octanol–water partition coefficient (Wildman–Crippen LogP) is 0.809. The first-order valence-corrected chi connectivity index (χ1v) is 5.20. The molecule has 1 amide bonds. The summed E-state index contributed by atoms with van der Waals surface area (Å²) in [5, 5.41) is 11.7. The normalized spacial score (nSPS) is 11.4. The molecule has 1 atom stereocenters. The molecule has 0 fully saturated rings. The second-order valence-corrected chi connectivity index (χ2v) is 3.49. The van der Waals surface area contributed by atoms with E-state index in [-0.39, 0.29) is 12.5 Å². The van der Waals surface area contributed by atoms with E-state index in [4.69, 9.17) is 16.3 Å². The SMILES string of the molecule is C#CC[C@H](CO)NC(=O)c1cccc(OC)c1. The number of aliphatic hydroxyl groups excluding tert-OH is 1. The van der Waals surface area contributed by atoms with Gasteiger partial charge in [-0.25, -0.2) is 0 Å². The summed E-state index contributed by atoms with van der Waals surface area (Å²) in [7, 11) is 1.53. The molecule has 90 valence electrons. The first-order valence-electron chi connectivity index (χ1n) is 5.20. The smallest absolute Gasteiger partial charge is 0.251 e. The molecule has 1 aromatic rings. The first-order chi connectivity index (χ1) is 8.21. The highest BCUT2D eigenvalue weighted by Crippen LogP contribution is 2.12. The van der Waals surface area contributed by atoms with Gasteiger partial charge in [0.05, 0.1) is 19.8 Å². The van der Waals surface area contributed by atoms with Crippen molar-refractivity contribution in [3.8, 4) is 18.1 Å². The topological polar surface area (TPSA) is 58.6 Å². The van der Waals surface area contributed by atoms with Gasteiger partial charge in [-0.15, -0.1) is 12.3 Å². The summed E-state index contributed by atoms with van der Waals surface area (Å²) in [5.74, 6) is 2.73. The van der Waals surface area contributed by atoms with E-state index in [1.807, 2.05) is 0 Å². The van der Waals surface area contributed by atoms with E-state index in [0.717, 1.165) is 0 Å². The lowest BCUT2D eigenvalue weighted by molar-refractivity contribution is 0.0917. The molecular formula is C13H15NO3. The highest BCUT2D eigenvalue weighted by Gasteiger charge is 2.12. The molecule has 0 aliphatic rings. The van der Waals surface area contributed by atoms with Gasteiger partial charge in [-0.05, 0) is 18.2 Å². The molecule has 2 N–H and O–H groups in total. The van der Waals surface area contributed by atoms with E-state index in [2.05, 4.69) is 11.2 Å². The van der Waals surface area contributed by atoms with Crippen LogP contribution in [0, 0.1) is 12.3 Å². The minimum atomic E-state index is -0.418. The fourth-order valence-electron chi connectivity index (χ4n) is 1.34. The Morgan fingerprint density at radius 1 is 1.65 bits per heavy atom. The van der Waals surface area contributed by atoms with Gasteiger partial charge in [-0.3, -0.25) is 4.79 Å². The molecule has 17 heavy (non-hydrogen) atoms. The number of carbonyl (C=O) groups excluding carboxylic acids is 1. The summed E-state index contributed by atoms with van der Waals surface area (Å²) in [6, 6.07) is 6.35. The van der Waals surface area contributed by atoms with Gasteiger partial charge < -0.3 is 15.2 Å². The lowest BCUT2D eigenvalue weighted by atomic mass is 10.1. The van der Waals surface area contributed by atoms with Gasteiger partial charge in [0.1, 0.15) is 5.75 Å². The maximum Gasteiger partial charge on any atom is 0.251 e. The van der Waals surface area contributed by atoms with Crippen molar-refractivity contribution in [3.05, 3.63) is 29.8 Å². The molecular weight excluding hydrogens is 218 g/mol. The summed E-state index contributed by atoms with van der Waals surface area (Å²) in [6.07, 6.45) is 5.43. The Bertz CT molecular complexity index is 423. The Morgan fingerprint density at radius 2 is 2.41 bits per heavy atom. The molecule has 0 spiro atoms. The van der Waals surface area contributed by atoms with Crippen molar-refractivity contribution in [2.75, 3.05) is 13.7 Å². The molecule has 4 nitrogen and oxygen atoms in total. The number of rotatable bonds is 5. The van der Waals surface area contributed by atoms with Gasteiger partial charge in [0.2, 0.25) is 0 Å². The van der Waals surface area contributed by atoms with Gasteiger partial charge >= 0.3 is 0 Å². The summed E-state index contributed by atoms with van der Waals surface area (Å²) in [5.41, 5.74) is 0.472. The van der Waals surface area contributed by atoms with Crippen LogP contribution in [-0.2, 0) is 0 Å². The second-order valence-electron chi connectivity index (χ2n) is 3.49. The van der Waals surface area contributed by atoms with Crippen LogP contribution >= 0.6 is 0 Å². The van der Waals surface area contributed by atoms with Crippen LogP contribution in [0.3, 0.4) is 0 Å². The Labute approximate surface area is 101 Å². The van der Waals surface area contributed by atoms with Crippen LogP contribution in [0.25, 0.3) is 0 Å². The number of ether oxygens (including phenoxy) is 1. The van der Waals surface area contributed by atoms with Crippen molar-refractivity contribution in [2.45, 2.75) is 12.5 Å². The fraction of sp³-hybridized carbons (Fsp3) is 0.308. The van der Waals surface area contributed by atoms with Crippen LogP contribution in [0.5, 0.6) is 5.75 Å². The number of terminal acetylenes is 1.